The fourth-order valence-corrected chi connectivity index (χ4v) is 3.39. The van der Waals surface area contributed by atoms with Crippen LogP contribution in [0.15, 0.2) is 12.1 Å². The van der Waals surface area contributed by atoms with E-state index < -0.39 is 0 Å². The molecule has 1 aromatic rings. The molecule has 1 aromatic carbocycles. The van der Waals surface area contributed by atoms with Gasteiger partial charge in [-0.15, -0.1) is 0 Å². The van der Waals surface area contributed by atoms with Gasteiger partial charge in [0, 0.05) is 5.33 Å². The number of alkyl halides is 1. The molecule has 0 heterocycles. The van der Waals surface area contributed by atoms with Crippen LogP contribution in [-0.2, 0) is 5.33 Å². The average Bonchev–Trinajstić information content (AvgIpc) is 2.49. The zero-order valence-electron chi connectivity index (χ0n) is 12.1. The molecular weight excluding hydrogens is 340 g/mol. The minimum Gasteiger partial charge on any atom is -0.493 e. The molecular formula is C16H22BrClO2. The van der Waals surface area contributed by atoms with Gasteiger partial charge in [-0.1, -0.05) is 40.9 Å². The zero-order chi connectivity index (χ0) is 14.5. The highest BCUT2D eigenvalue weighted by Crippen LogP contribution is 2.39. The maximum atomic E-state index is 6.34. The summed E-state index contributed by atoms with van der Waals surface area (Å²) in [6.07, 6.45) is 6.26. The summed E-state index contributed by atoms with van der Waals surface area (Å²) in [7, 11) is 1.66. The van der Waals surface area contributed by atoms with Gasteiger partial charge in [-0.05, 0) is 49.3 Å². The molecule has 2 nitrogen and oxygen atoms in total. The summed E-state index contributed by atoms with van der Waals surface area (Å²) in [5.41, 5.74) is 1.09. The minimum atomic E-state index is 0.263. The van der Waals surface area contributed by atoms with Crippen LogP contribution in [0.25, 0.3) is 0 Å². The molecule has 112 valence electrons. The first-order valence-corrected chi connectivity index (χ1v) is 8.76. The van der Waals surface area contributed by atoms with E-state index in [1.54, 1.807) is 7.11 Å². The first-order chi connectivity index (χ1) is 9.67. The molecule has 1 aliphatic carbocycles. The van der Waals surface area contributed by atoms with Gasteiger partial charge in [0.1, 0.15) is 0 Å². The second-order valence-electron chi connectivity index (χ2n) is 5.41. The maximum Gasteiger partial charge on any atom is 0.180 e. The molecule has 1 aliphatic rings. The summed E-state index contributed by atoms with van der Waals surface area (Å²) in [5, 5.41) is 1.39. The maximum absolute atomic E-state index is 6.34. The highest BCUT2D eigenvalue weighted by atomic mass is 79.9. The van der Waals surface area contributed by atoms with Gasteiger partial charge in [0.15, 0.2) is 11.5 Å². The van der Waals surface area contributed by atoms with Crippen LogP contribution in [0.5, 0.6) is 11.5 Å². The SMILES string of the molecule is CCC1CCC(Oc2c(Cl)cc(CBr)cc2OC)CC1. The lowest BCUT2D eigenvalue weighted by Crippen LogP contribution is -2.24. The largest absolute Gasteiger partial charge is 0.493 e. The molecule has 0 amide bonds. The Morgan fingerprint density at radius 2 is 1.95 bits per heavy atom. The van der Waals surface area contributed by atoms with Crippen molar-refractivity contribution < 1.29 is 9.47 Å². The lowest BCUT2D eigenvalue weighted by Gasteiger charge is -2.29. The lowest BCUT2D eigenvalue weighted by atomic mass is 9.86. The van der Waals surface area contributed by atoms with Crippen LogP contribution < -0.4 is 9.47 Å². The fourth-order valence-electron chi connectivity index (χ4n) is 2.79. The number of methoxy groups -OCH3 is 1. The van der Waals surface area contributed by atoms with E-state index >= 15 is 0 Å². The summed E-state index contributed by atoms with van der Waals surface area (Å²) in [4.78, 5) is 0. The van der Waals surface area contributed by atoms with Crippen molar-refractivity contribution >= 4 is 27.5 Å². The Hall–Kier alpha value is -0.410. The van der Waals surface area contributed by atoms with Gasteiger partial charge in [-0.25, -0.2) is 0 Å². The van der Waals surface area contributed by atoms with Crippen molar-refractivity contribution in [3.05, 3.63) is 22.7 Å². The Balaban J connectivity index is 2.09. The minimum absolute atomic E-state index is 0.263. The second kappa shape index (κ2) is 7.56. The number of halogens is 2. The number of hydrogen-bond acceptors (Lipinski definition) is 2. The summed E-state index contributed by atoms with van der Waals surface area (Å²) >= 11 is 9.78. The predicted molar refractivity (Wildman–Crippen MR) is 87.3 cm³/mol. The van der Waals surface area contributed by atoms with Crippen molar-refractivity contribution in [1.29, 1.82) is 0 Å². The first kappa shape index (κ1) is 16.0. The summed E-state index contributed by atoms with van der Waals surface area (Å²) in [5.74, 6) is 2.28. The van der Waals surface area contributed by atoms with Crippen molar-refractivity contribution in [3.8, 4) is 11.5 Å². The van der Waals surface area contributed by atoms with E-state index in [-0.39, 0.29) is 6.10 Å². The third-order valence-corrected chi connectivity index (χ3v) is 5.03. The zero-order valence-corrected chi connectivity index (χ0v) is 14.5. The van der Waals surface area contributed by atoms with E-state index in [0.717, 1.165) is 35.4 Å². The van der Waals surface area contributed by atoms with Crippen LogP contribution >= 0.6 is 27.5 Å². The highest BCUT2D eigenvalue weighted by molar-refractivity contribution is 9.08. The van der Waals surface area contributed by atoms with Crippen LogP contribution in [0.4, 0.5) is 0 Å². The molecule has 1 fully saturated rings. The van der Waals surface area contributed by atoms with E-state index in [2.05, 4.69) is 22.9 Å². The van der Waals surface area contributed by atoms with E-state index in [1.165, 1.54) is 19.3 Å². The van der Waals surface area contributed by atoms with Crippen molar-refractivity contribution in [2.24, 2.45) is 5.92 Å². The molecule has 0 N–H and O–H groups in total. The van der Waals surface area contributed by atoms with Crippen molar-refractivity contribution in [2.75, 3.05) is 7.11 Å². The molecule has 0 bridgehead atoms. The fraction of sp³-hybridized carbons (Fsp3) is 0.625. The predicted octanol–water partition coefficient (Wildman–Crippen LogP) is 5.59. The highest BCUT2D eigenvalue weighted by Gasteiger charge is 2.23. The summed E-state index contributed by atoms with van der Waals surface area (Å²) in [6, 6.07) is 3.92. The smallest absolute Gasteiger partial charge is 0.180 e. The van der Waals surface area contributed by atoms with Gasteiger partial charge in [0.25, 0.3) is 0 Å². The summed E-state index contributed by atoms with van der Waals surface area (Å²) in [6.45, 7) is 2.27. The van der Waals surface area contributed by atoms with Gasteiger partial charge < -0.3 is 9.47 Å². The van der Waals surface area contributed by atoms with E-state index in [9.17, 15) is 0 Å². The molecule has 1 saturated carbocycles. The Morgan fingerprint density at radius 3 is 2.50 bits per heavy atom. The van der Waals surface area contributed by atoms with Crippen LogP contribution in [0, 0.1) is 5.92 Å². The van der Waals surface area contributed by atoms with E-state index in [0.29, 0.717) is 10.8 Å². The summed E-state index contributed by atoms with van der Waals surface area (Å²) < 4.78 is 11.6. The van der Waals surface area contributed by atoms with Gasteiger partial charge in [0.05, 0.1) is 18.2 Å². The quantitative estimate of drug-likeness (QED) is 0.636. The monoisotopic (exact) mass is 360 g/mol. The molecule has 0 aromatic heterocycles. The average molecular weight is 362 g/mol. The normalized spacial score (nSPS) is 22.6. The van der Waals surface area contributed by atoms with Crippen molar-refractivity contribution in [3.63, 3.8) is 0 Å². The number of hydrogen-bond donors (Lipinski definition) is 0. The van der Waals surface area contributed by atoms with Crippen LogP contribution in [0.3, 0.4) is 0 Å². The van der Waals surface area contributed by atoms with E-state index in [4.69, 9.17) is 21.1 Å². The second-order valence-corrected chi connectivity index (χ2v) is 6.38. The van der Waals surface area contributed by atoms with E-state index in [1.807, 2.05) is 12.1 Å². The molecule has 0 aliphatic heterocycles. The molecule has 4 heteroatoms. The first-order valence-electron chi connectivity index (χ1n) is 7.27. The molecule has 0 saturated heterocycles. The van der Waals surface area contributed by atoms with Gasteiger partial charge in [-0.2, -0.15) is 0 Å². The third-order valence-electron chi connectivity index (χ3n) is 4.10. The number of benzene rings is 1. The molecule has 20 heavy (non-hydrogen) atoms. The van der Waals surface area contributed by atoms with Crippen LogP contribution in [-0.4, -0.2) is 13.2 Å². The molecule has 0 radical (unpaired) electrons. The van der Waals surface area contributed by atoms with Crippen molar-refractivity contribution in [2.45, 2.75) is 50.5 Å². The standard InChI is InChI=1S/C16H22BrClO2/c1-3-11-4-6-13(7-5-11)20-16-14(18)8-12(10-17)9-15(16)19-2/h8-9,11,13H,3-7,10H2,1-2H3. The molecule has 0 atom stereocenters. The Morgan fingerprint density at radius 1 is 1.25 bits per heavy atom. The Labute approximate surface area is 134 Å². The molecule has 0 unspecified atom stereocenters. The van der Waals surface area contributed by atoms with Gasteiger partial charge in [0.2, 0.25) is 0 Å². The van der Waals surface area contributed by atoms with Crippen LogP contribution in [0.1, 0.15) is 44.6 Å². The van der Waals surface area contributed by atoms with Crippen LogP contribution in [0.2, 0.25) is 5.02 Å². The Kier molecular flexibility index (Phi) is 6.03. The number of rotatable bonds is 5. The van der Waals surface area contributed by atoms with Gasteiger partial charge in [-0.3, -0.25) is 0 Å². The molecule has 2 rings (SSSR count). The third kappa shape index (κ3) is 3.82. The van der Waals surface area contributed by atoms with Gasteiger partial charge >= 0.3 is 0 Å². The Bertz CT molecular complexity index is 442. The lowest BCUT2D eigenvalue weighted by molar-refractivity contribution is 0.126. The topological polar surface area (TPSA) is 18.5 Å². The molecule has 0 spiro atoms. The number of ether oxygens (including phenoxy) is 2. The van der Waals surface area contributed by atoms with Crippen molar-refractivity contribution in [1.82, 2.24) is 0 Å².